The summed E-state index contributed by atoms with van der Waals surface area (Å²) in [6.07, 6.45) is -0.381. The lowest BCUT2D eigenvalue weighted by atomic mass is 9.76. The molecule has 31 heavy (non-hydrogen) atoms. The molecule has 0 saturated carbocycles. The van der Waals surface area contributed by atoms with Crippen LogP contribution in [0.4, 0.5) is 4.79 Å². The van der Waals surface area contributed by atoms with Gasteiger partial charge in [-0.25, -0.2) is 9.59 Å². The number of carboxylic acid groups (broad SMARTS) is 1. The molecule has 0 fully saturated rings. The fourth-order valence-electron chi connectivity index (χ4n) is 3.52. The lowest BCUT2D eigenvalue weighted by molar-refractivity contribution is -0.157. The van der Waals surface area contributed by atoms with E-state index in [2.05, 4.69) is 10.6 Å². The molecule has 2 rings (SSSR count). The van der Waals surface area contributed by atoms with Crippen LogP contribution in [0.3, 0.4) is 0 Å². The highest BCUT2D eigenvalue weighted by atomic mass is 16.5. The van der Waals surface area contributed by atoms with E-state index < -0.39 is 36.0 Å². The topological polar surface area (TPSA) is 125 Å². The van der Waals surface area contributed by atoms with Crippen LogP contribution in [0.15, 0.2) is 42.5 Å². The number of nitrogens with one attached hydrogen (secondary N) is 2. The maximum Gasteiger partial charge on any atom is 0.330 e. The fourth-order valence-corrected chi connectivity index (χ4v) is 3.52. The SMILES string of the molecule is CCOC(=O)C(c1ccc2ccccc2c1)C(CCO)(NC(=O)NCC(C)C)C(=O)O. The number of hydrogen-bond donors (Lipinski definition) is 4. The average molecular weight is 431 g/mol. The molecule has 0 bridgehead atoms. The van der Waals surface area contributed by atoms with Gasteiger partial charge in [-0.1, -0.05) is 56.3 Å². The smallest absolute Gasteiger partial charge is 0.330 e. The Balaban J connectivity index is 2.60. The van der Waals surface area contributed by atoms with Crippen molar-refractivity contribution in [1.82, 2.24) is 10.6 Å². The molecule has 168 valence electrons. The highest BCUT2D eigenvalue weighted by molar-refractivity contribution is 5.96. The van der Waals surface area contributed by atoms with Crippen molar-refractivity contribution in [2.45, 2.75) is 38.6 Å². The van der Waals surface area contributed by atoms with Gasteiger partial charge in [0.05, 0.1) is 6.61 Å². The third kappa shape index (κ3) is 5.73. The van der Waals surface area contributed by atoms with Crippen molar-refractivity contribution < 1.29 is 29.3 Å². The number of esters is 1. The van der Waals surface area contributed by atoms with E-state index >= 15 is 0 Å². The normalized spacial score (nSPS) is 14.0. The Kier molecular flexibility index (Phi) is 8.38. The maximum atomic E-state index is 13.0. The van der Waals surface area contributed by atoms with Crippen LogP contribution in [-0.2, 0) is 14.3 Å². The highest BCUT2D eigenvalue weighted by Crippen LogP contribution is 2.35. The number of ether oxygens (including phenoxy) is 1. The zero-order valence-electron chi connectivity index (χ0n) is 18.1. The zero-order chi connectivity index (χ0) is 23.0. The van der Waals surface area contributed by atoms with Crippen LogP contribution in [0.5, 0.6) is 0 Å². The number of aliphatic carboxylic acids is 1. The summed E-state index contributed by atoms with van der Waals surface area (Å²) >= 11 is 0. The first-order valence-electron chi connectivity index (χ1n) is 10.3. The van der Waals surface area contributed by atoms with E-state index in [1.807, 2.05) is 38.1 Å². The van der Waals surface area contributed by atoms with Gasteiger partial charge in [-0.2, -0.15) is 0 Å². The average Bonchev–Trinajstić information content (AvgIpc) is 2.72. The summed E-state index contributed by atoms with van der Waals surface area (Å²) in [5.41, 5.74) is -1.73. The summed E-state index contributed by atoms with van der Waals surface area (Å²) in [5, 5.41) is 26.7. The molecule has 0 aliphatic carbocycles. The molecule has 0 aliphatic heterocycles. The first kappa shape index (κ1) is 24.1. The van der Waals surface area contributed by atoms with Crippen molar-refractivity contribution in [1.29, 1.82) is 0 Å². The van der Waals surface area contributed by atoms with Crippen LogP contribution < -0.4 is 10.6 Å². The number of amides is 2. The number of rotatable bonds is 10. The predicted octanol–water partition coefficient (Wildman–Crippen LogP) is 2.65. The quantitative estimate of drug-likeness (QED) is 0.430. The van der Waals surface area contributed by atoms with Crippen LogP contribution in [0, 0.1) is 5.92 Å². The molecule has 4 N–H and O–H groups in total. The second-order valence-corrected chi connectivity index (χ2v) is 7.77. The van der Waals surface area contributed by atoms with Gasteiger partial charge in [-0.15, -0.1) is 0 Å². The molecule has 8 nitrogen and oxygen atoms in total. The molecule has 2 amide bonds. The van der Waals surface area contributed by atoms with Crippen molar-refractivity contribution in [2.75, 3.05) is 19.8 Å². The van der Waals surface area contributed by atoms with Gasteiger partial charge in [-0.05, 0) is 29.2 Å². The van der Waals surface area contributed by atoms with Gasteiger partial charge in [0.2, 0.25) is 0 Å². The molecular formula is C23H30N2O6. The largest absolute Gasteiger partial charge is 0.479 e. The molecule has 0 spiro atoms. The third-order valence-corrected chi connectivity index (χ3v) is 5.02. The van der Waals surface area contributed by atoms with Crippen molar-refractivity contribution >= 4 is 28.7 Å². The maximum absolute atomic E-state index is 13.0. The summed E-state index contributed by atoms with van der Waals surface area (Å²) < 4.78 is 5.20. The molecular weight excluding hydrogens is 400 g/mol. The van der Waals surface area contributed by atoms with E-state index in [4.69, 9.17) is 4.74 Å². The fraction of sp³-hybridized carbons (Fsp3) is 0.435. The lowest BCUT2D eigenvalue weighted by Gasteiger charge is -2.36. The Morgan fingerprint density at radius 2 is 1.77 bits per heavy atom. The highest BCUT2D eigenvalue weighted by Gasteiger charge is 2.52. The van der Waals surface area contributed by atoms with E-state index in [0.717, 1.165) is 10.8 Å². The number of carbonyl (C=O) groups is 3. The van der Waals surface area contributed by atoms with Crippen molar-refractivity contribution in [2.24, 2.45) is 5.92 Å². The van der Waals surface area contributed by atoms with Crippen molar-refractivity contribution in [3.05, 3.63) is 48.0 Å². The Hall–Kier alpha value is -3.13. The van der Waals surface area contributed by atoms with Crippen LogP contribution in [0.1, 0.15) is 38.7 Å². The third-order valence-electron chi connectivity index (χ3n) is 5.02. The number of aliphatic hydroxyl groups is 1. The van der Waals surface area contributed by atoms with Gasteiger partial charge in [-0.3, -0.25) is 4.79 Å². The molecule has 0 aromatic heterocycles. The zero-order valence-corrected chi connectivity index (χ0v) is 18.1. The number of carbonyl (C=O) groups excluding carboxylic acids is 2. The van der Waals surface area contributed by atoms with Gasteiger partial charge < -0.3 is 25.6 Å². The summed E-state index contributed by atoms with van der Waals surface area (Å²) in [6.45, 7) is 5.22. The predicted molar refractivity (Wildman–Crippen MR) is 117 cm³/mol. The molecule has 0 saturated heterocycles. The summed E-state index contributed by atoms with van der Waals surface area (Å²) in [5.74, 6) is -3.46. The van der Waals surface area contributed by atoms with E-state index in [0.29, 0.717) is 12.1 Å². The number of hydrogen-bond acceptors (Lipinski definition) is 5. The number of aliphatic hydroxyl groups excluding tert-OH is 1. The Labute approximate surface area is 181 Å². The monoisotopic (exact) mass is 430 g/mol. The van der Waals surface area contributed by atoms with Crippen LogP contribution >= 0.6 is 0 Å². The summed E-state index contributed by atoms with van der Waals surface area (Å²) in [4.78, 5) is 38.1. The van der Waals surface area contributed by atoms with Gasteiger partial charge in [0.25, 0.3) is 0 Å². The van der Waals surface area contributed by atoms with Crippen molar-refractivity contribution in [3.8, 4) is 0 Å². The minimum atomic E-state index is -2.11. The summed E-state index contributed by atoms with van der Waals surface area (Å²) in [7, 11) is 0. The number of benzene rings is 2. The molecule has 0 aliphatic rings. The number of urea groups is 1. The van der Waals surface area contributed by atoms with Gasteiger partial charge >= 0.3 is 18.0 Å². The molecule has 2 aromatic rings. The number of fused-ring (bicyclic) bond motifs is 1. The van der Waals surface area contributed by atoms with Gasteiger partial charge in [0.1, 0.15) is 5.92 Å². The second-order valence-electron chi connectivity index (χ2n) is 7.77. The minimum absolute atomic E-state index is 0.0390. The molecule has 8 heteroatoms. The van der Waals surface area contributed by atoms with E-state index in [-0.39, 0.29) is 18.9 Å². The van der Waals surface area contributed by atoms with Crippen molar-refractivity contribution in [3.63, 3.8) is 0 Å². The molecule has 2 aromatic carbocycles. The van der Waals surface area contributed by atoms with Gasteiger partial charge in [0.15, 0.2) is 5.54 Å². The second kappa shape index (κ2) is 10.8. The minimum Gasteiger partial charge on any atom is -0.479 e. The van der Waals surface area contributed by atoms with E-state index in [1.54, 1.807) is 25.1 Å². The standard InChI is InChI=1S/C23H30N2O6/c1-4-31-20(27)19(18-10-9-16-7-5-6-8-17(16)13-18)23(11-12-26,21(28)29)25-22(30)24-14-15(2)3/h5-10,13,15,19,26H,4,11-12,14H2,1-3H3,(H,28,29)(H2,24,25,30). The molecule has 2 unspecified atom stereocenters. The van der Waals surface area contributed by atoms with E-state index in [1.165, 1.54) is 0 Å². The van der Waals surface area contributed by atoms with Gasteiger partial charge in [0, 0.05) is 19.6 Å². The molecule has 0 radical (unpaired) electrons. The Bertz CT molecular complexity index is 929. The Morgan fingerprint density at radius 1 is 1.10 bits per heavy atom. The number of carboxylic acids is 1. The van der Waals surface area contributed by atoms with Crippen LogP contribution in [0.2, 0.25) is 0 Å². The Morgan fingerprint density at radius 3 is 2.35 bits per heavy atom. The molecule has 0 heterocycles. The molecule has 2 atom stereocenters. The van der Waals surface area contributed by atoms with E-state index in [9.17, 15) is 24.6 Å². The summed E-state index contributed by atoms with van der Waals surface area (Å²) in [6, 6.07) is 11.8. The van der Waals surface area contributed by atoms with Crippen LogP contribution in [-0.4, -0.2) is 53.5 Å². The first-order chi connectivity index (χ1) is 14.7. The first-order valence-corrected chi connectivity index (χ1v) is 10.3. The lowest BCUT2D eigenvalue weighted by Crippen LogP contribution is -2.63. The van der Waals surface area contributed by atoms with Crippen LogP contribution in [0.25, 0.3) is 10.8 Å².